The van der Waals surface area contributed by atoms with E-state index in [0.29, 0.717) is 17.9 Å². The number of esters is 1. The van der Waals surface area contributed by atoms with Crippen molar-refractivity contribution in [2.45, 2.75) is 6.10 Å². The Morgan fingerprint density at radius 2 is 2.06 bits per heavy atom. The van der Waals surface area contributed by atoms with E-state index in [4.69, 9.17) is 4.74 Å². The van der Waals surface area contributed by atoms with Gasteiger partial charge in [0.1, 0.15) is 18.5 Å². The maximum Gasteiger partial charge on any atom is 0.337 e. The van der Waals surface area contributed by atoms with Crippen LogP contribution in [0.3, 0.4) is 0 Å². The Bertz CT molecular complexity index is 350. The molecule has 0 aliphatic heterocycles. The topological polar surface area (TPSA) is 67.8 Å². The van der Waals surface area contributed by atoms with Crippen molar-refractivity contribution in [2.24, 2.45) is 0 Å². The summed E-state index contributed by atoms with van der Waals surface area (Å²) in [6.07, 6.45) is -0.555. The third-order valence-electron chi connectivity index (χ3n) is 2.16. The smallest absolute Gasteiger partial charge is 0.337 e. The Labute approximate surface area is 100 Å². The minimum atomic E-state index is -0.555. The predicted octanol–water partition coefficient (Wildman–Crippen LogP) is 0.432. The molecule has 0 spiro atoms. The number of carbonyl (C=O) groups is 1. The fourth-order valence-corrected chi connectivity index (χ4v) is 1.29. The summed E-state index contributed by atoms with van der Waals surface area (Å²) in [7, 11) is 3.09. The molecule has 1 rings (SSSR count). The van der Waals surface area contributed by atoms with Crippen LogP contribution < -0.4 is 10.1 Å². The summed E-state index contributed by atoms with van der Waals surface area (Å²) in [6, 6.07) is 6.56. The maximum atomic E-state index is 11.2. The van der Waals surface area contributed by atoms with Crippen LogP contribution in [0.5, 0.6) is 5.75 Å². The molecular weight excluding hydrogens is 222 g/mol. The second kappa shape index (κ2) is 6.88. The maximum absolute atomic E-state index is 11.2. The Kier molecular flexibility index (Phi) is 5.45. The second-order valence-corrected chi connectivity index (χ2v) is 3.54. The third-order valence-corrected chi connectivity index (χ3v) is 2.16. The van der Waals surface area contributed by atoms with Crippen molar-refractivity contribution < 1.29 is 19.4 Å². The molecule has 0 radical (unpaired) electrons. The minimum absolute atomic E-state index is 0.207. The lowest BCUT2D eigenvalue weighted by Crippen LogP contribution is -2.29. The zero-order chi connectivity index (χ0) is 12.7. The van der Waals surface area contributed by atoms with Gasteiger partial charge in [-0.1, -0.05) is 0 Å². The zero-order valence-electron chi connectivity index (χ0n) is 9.97. The second-order valence-electron chi connectivity index (χ2n) is 3.54. The molecule has 0 aromatic heterocycles. The van der Waals surface area contributed by atoms with E-state index in [9.17, 15) is 9.90 Å². The Hall–Kier alpha value is -1.59. The molecule has 94 valence electrons. The van der Waals surface area contributed by atoms with E-state index in [2.05, 4.69) is 10.1 Å². The molecule has 1 aromatic carbocycles. The lowest BCUT2D eigenvalue weighted by Gasteiger charge is -2.11. The summed E-state index contributed by atoms with van der Waals surface area (Å²) < 4.78 is 9.92. The first-order valence-corrected chi connectivity index (χ1v) is 5.31. The molecule has 0 saturated heterocycles. The zero-order valence-corrected chi connectivity index (χ0v) is 9.97. The van der Waals surface area contributed by atoms with Gasteiger partial charge in [-0.05, 0) is 31.3 Å². The van der Waals surface area contributed by atoms with Crippen molar-refractivity contribution in [1.29, 1.82) is 0 Å². The summed E-state index contributed by atoms with van der Waals surface area (Å²) in [5.74, 6) is 0.222. The van der Waals surface area contributed by atoms with Gasteiger partial charge in [0.2, 0.25) is 0 Å². The van der Waals surface area contributed by atoms with Crippen molar-refractivity contribution in [3.63, 3.8) is 0 Å². The van der Waals surface area contributed by atoms with Crippen molar-refractivity contribution >= 4 is 5.97 Å². The standard InChI is InChI=1S/C12H17NO4/c1-13-7-10(14)8-17-11-5-3-9(4-6-11)12(15)16-2/h3-6,10,13-14H,7-8H2,1-2H3. The van der Waals surface area contributed by atoms with Gasteiger partial charge in [0.15, 0.2) is 0 Å². The number of rotatable bonds is 6. The van der Waals surface area contributed by atoms with Gasteiger partial charge in [-0.15, -0.1) is 0 Å². The monoisotopic (exact) mass is 239 g/mol. The molecule has 0 saturated carbocycles. The molecule has 0 aliphatic rings. The molecule has 2 N–H and O–H groups in total. The molecule has 1 atom stereocenters. The van der Waals surface area contributed by atoms with Crippen LogP contribution in [0.1, 0.15) is 10.4 Å². The number of aliphatic hydroxyl groups excluding tert-OH is 1. The van der Waals surface area contributed by atoms with Crippen LogP contribution in [-0.4, -0.2) is 44.5 Å². The highest BCUT2D eigenvalue weighted by molar-refractivity contribution is 5.89. The normalized spacial score (nSPS) is 11.9. The molecule has 5 nitrogen and oxygen atoms in total. The van der Waals surface area contributed by atoms with Crippen LogP contribution in [-0.2, 0) is 4.74 Å². The van der Waals surface area contributed by atoms with E-state index in [1.54, 1.807) is 31.3 Å². The summed E-state index contributed by atoms with van der Waals surface area (Å²) >= 11 is 0. The van der Waals surface area contributed by atoms with Crippen LogP contribution in [0.25, 0.3) is 0 Å². The van der Waals surface area contributed by atoms with Crippen LogP contribution in [0.4, 0.5) is 0 Å². The quantitative estimate of drug-likeness (QED) is 0.705. The van der Waals surface area contributed by atoms with Crippen molar-refractivity contribution in [3.8, 4) is 5.75 Å². The molecule has 0 aliphatic carbocycles. The van der Waals surface area contributed by atoms with Gasteiger partial charge in [0.05, 0.1) is 12.7 Å². The average molecular weight is 239 g/mol. The van der Waals surface area contributed by atoms with E-state index in [0.717, 1.165) is 0 Å². The first-order valence-electron chi connectivity index (χ1n) is 5.31. The Morgan fingerprint density at radius 1 is 1.41 bits per heavy atom. The number of nitrogens with one attached hydrogen (secondary N) is 1. The van der Waals surface area contributed by atoms with Crippen LogP contribution >= 0.6 is 0 Å². The van der Waals surface area contributed by atoms with E-state index < -0.39 is 6.10 Å². The van der Waals surface area contributed by atoms with Gasteiger partial charge in [0.25, 0.3) is 0 Å². The van der Waals surface area contributed by atoms with Crippen LogP contribution in [0, 0.1) is 0 Å². The van der Waals surface area contributed by atoms with E-state index in [1.807, 2.05) is 0 Å². The Morgan fingerprint density at radius 3 is 2.59 bits per heavy atom. The molecule has 0 amide bonds. The highest BCUT2D eigenvalue weighted by atomic mass is 16.5. The number of hydrogen-bond donors (Lipinski definition) is 2. The number of hydrogen-bond acceptors (Lipinski definition) is 5. The number of benzene rings is 1. The first kappa shape index (κ1) is 13.5. The minimum Gasteiger partial charge on any atom is -0.491 e. The van der Waals surface area contributed by atoms with Crippen LogP contribution in [0.15, 0.2) is 24.3 Å². The molecule has 1 unspecified atom stereocenters. The molecule has 0 fully saturated rings. The number of aliphatic hydroxyl groups is 1. The van der Waals surface area contributed by atoms with E-state index >= 15 is 0 Å². The van der Waals surface area contributed by atoms with Crippen molar-refractivity contribution in [2.75, 3.05) is 27.3 Å². The molecule has 1 aromatic rings. The fraction of sp³-hybridized carbons (Fsp3) is 0.417. The summed E-state index contributed by atoms with van der Waals surface area (Å²) in [6.45, 7) is 0.679. The highest BCUT2D eigenvalue weighted by Crippen LogP contribution is 2.12. The predicted molar refractivity (Wildman–Crippen MR) is 63.2 cm³/mol. The highest BCUT2D eigenvalue weighted by Gasteiger charge is 2.06. The van der Waals surface area contributed by atoms with Gasteiger partial charge in [0, 0.05) is 6.54 Å². The Balaban J connectivity index is 2.48. The lowest BCUT2D eigenvalue weighted by molar-refractivity contribution is 0.0600. The van der Waals surface area contributed by atoms with Gasteiger partial charge in [-0.25, -0.2) is 4.79 Å². The fourth-order valence-electron chi connectivity index (χ4n) is 1.29. The number of methoxy groups -OCH3 is 1. The van der Waals surface area contributed by atoms with Crippen molar-refractivity contribution in [1.82, 2.24) is 5.32 Å². The molecule has 5 heteroatoms. The molecular formula is C12H17NO4. The third kappa shape index (κ3) is 4.42. The van der Waals surface area contributed by atoms with Gasteiger partial charge in [-0.3, -0.25) is 0 Å². The summed E-state index contributed by atoms with van der Waals surface area (Å²) in [4.78, 5) is 11.2. The molecule has 0 bridgehead atoms. The SMILES string of the molecule is CNCC(O)COc1ccc(C(=O)OC)cc1. The van der Waals surface area contributed by atoms with E-state index in [-0.39, 0.29) is 12.6 Å². The summed E-state index contributed by atoms with van der Waals surface area (Å²) in [5, 5.41) is 12.3. The summed E-state index contributed by atoms with van der Waals surface area (Å²) in [5.41, 5.74) is 0.468. The van der Waals surface area contributed by atoms with Crippen LogP contribution in [0.2, 0.25) is 0 Å². The van der Waals surface area contributed by atoms with Crippen molar-refractivity contribution in [3.05, 3.63) is 29.8 Å². The molecule has 17 heavy (non-hydrogen) atoms. The van der Waals surface area contributed by atoms with Gasteiger partial charge < -0.3 is 19.9 Å². The first-order chi connectivity index (χ1) is 8.17. The number of ether oxygens (including phenoxy) is 2. The van der Waals surface area contributed by atoms with Gasteiger partial charge in [-0.2, -0.15) is 0 Å². The number of carbonyl (C=O) groups excluding carboxylic acids is 1. The molecule has 0 heterocycles. The van der Waals surface area contributed by atoms with E-state index in [1.165, 1.54) is 7.11 Å². The largest absolute Gasteiger partial charge is 0.491 e. The average Bonchev–Trinajstić information content (AvgIpc) is 2.36. The van der Waals surface area contributed by atoms with Gasteiger partial charge >= 0.3 is 5.97 Å². The number of likely N-dealkylation sites (N-methyl/N-ethyl adjacent to an activating group) is 1. The lowest BCUT2D eigenvalue weighted by atomic mass is 10.2.